The van der Waals surface area contributed by atoms with Crippen LogP contribution in [0.2, 0.25) is 0 Å². The molecule has 0 bridgehead atoms. The van der Waals surface area contributed by atoms with Crippen molar-refractivity contribution < 1.29 is 14.6 Å². The molecule has 0 aliphatic carbocycles. The third kappa shape index (κ3) is 2.98. The van der Waals surface area contributed by atoms with E-state index >= 15 is 0 Å². The van der Waals surface area contributed by atoms with Gasteiger partial charge in [0, 0.05) is 0 Å². The van der Waals surface area contributed by atoms with Crippen LogP contribution in [0.15, 0.2) is 54.9 Å². The number of fused-ring (bicyclic) bond motifs is 1. The average Bonchev–Trinajstić information content (AvgIpc) is 2.91. The molecule has 3 aromatic rings. The van der Waals surface area contributed by atoms with Crippen LogP contribution in [0.5, 0.6) is 11.5 Å². The van der Waals surface area contributed by atoms with E-state index in [1.807, 2.05) is 28.8 Å². The van der Waals surface area contributed by atoms with Crippen LogP contribution in [0, 0.1) is 0 Å². The number of methoxy groups -OCH3 is 1. The van der Waals surface area contributed by atoms with E-state index in [1.54, 1.807) is 37.7 Å². The van der Waals surface area contributed by atoms with E-state index in [4.69, 9.17) is 9.47 Å². The molecule has 5 nitrogen and oxygen atoms in total. The Hall–Kier alpha value is -2.53. The molecule has 0 amide bonds. The second kappa shape index (κ2) is 5.85. The molecule has 21 heavy (non-hydrogen) atoms. The smallest absolute Gasteiger partial charge is 0.215 e. The lowest BCUT2D eigenvalue weighted by Gasteiger charge is -2.14. The van der Waals surface area contributed by atoms with Crippen molar-refractivity contribution in [3.05, 3.63) is 54.9 Å². The summed E-state index contributed by atoms with van der Waals surface area (Å²) in [6.07, 6.45) is 0.752. The maximum Gasteiger partial charge on any atom is 0.215 e. The SMILES string of the molecule is COc1ccc(O[C@@H](O)Cn2cnc3ccccc32)cc1. The first-order valence-corrected chi connectivity index (χ1v) is 6.65. The van der Waals surface area contributed by atoms with E-state index in [2.05, 4.69) is 4.98 Å². The molecule has 3 rings (SSSR count). The lowest BCUT2D eigenvalue weighted by Crippen LogP contribution is -2.22. The molecule has 0 saturated carbocycles. The highest BCUT2D eigenvalue weighted by Crippen LogP contribution is 2.19. The van der Waals surface area contributed by atoms with Gasteiger partial charge in [0.15, 0.2) is 0 Å². The Kier molecular flexibility index (Phi) is 3.75. The second-order valence-corrected chi connectivity index (χ2v) is 4.63. The number of imidazole rings is 1. The summed E-state index contributed by atoms with van der Waals surface area (Å²) in [6, 6.07) is 14.9. The minimum absolute atomic E-state index is 0.312. The van der Waals surface area contributed by atoms with Gasteiger partial charge < -0.3 is 19.1 Å². The molecule has 0 spiro atoms. The Labute approximate surface area is 122 Å². The molecule has 0 unspecified atom stereocenters. The van der Waals surface area contributed by atoms with Crippen LogP contribution in [-0.4, -0.2) is 28.1 Å². The van der Waals surface area contributed by atoms with Crippen LogP contribution < -0.4 is 9.47 Å². The summed E-state index contributed by atoms with van der Waals surface area (Å²) in [4.78, 5) is 4.28. The molecule has 0 aliphatic rings. The van der Waals surface area contributed by atoms with E-state index in [9.17, 15) is 5.11 Å². The fourth-order valence-electron chi connectivity index (χ4n) is 2.17. The monoisotopic (exact) mass is 284 g/mol. The Bertz CT molecular complexity index is 722. The molecule has 0 saturated heterocycles. The highest BCUT2D eigenvalue weighted by molar-refractivity contribution is 5.74. The van der Waals surface area contributed by atoms with Gasteiger partial charge in [-0.05, 0) is 36.4 Å². The number of hydrogen-bond acceptors (Lipinski definition) is 4. The summed E-state index contributed by atoms with van der Waals surface area (Å²) < 4.78 is 12.4. The summed E-state index contributed by atoms with van der Waals surface area (Å²) in [5.74, 6) is 1.34. The molecule has 5 heteroatoms. The van der Waals surface area contributed by atoms with Gasteiger partial charge in [-0.1, -0.05) is 12.1 Å². The quantitative estimate of drug-likeness (QED) is 0.731. The molecule has 2 aromatic carbocycles. The molecular weight excluding hydrogens is 268 g/mol. The average molecular weight is 284 g/mol. The molecule has 0 radical (unpaired) electrons. The molecule has 1 atom stereocenters. The van der Waals surface area contributed by atoms with Gasteiger partial charge in [0.2, 0.25) is 6.29 Å². The minimum Gasteiger partial charge on any atom is -0.497 e. The molecule has 1 heterocycles. The number of benzene rings is 2. The summed E-state index contributed by atoms with van der Waals surface area (Å²) in [6.45, 7) is 0.312. The maximum absolute atomic E-state index is 10.1. The third-order valence-corrected chi connectivity index (χ3v) is 3.21. The van der Waals surface area contributed by atoms with Gasteiger partial charge in [-0.25, -0.2) is 4.98 Å². The second-order valence-electron chi connectivity index (χ2n) is 4.63. The number of rotatable bonds is 5. The lowest BCUT2D eigenvalue weighted by atomic mass is 10.3. The topological polar surface area (TPSA) is 56.5 Å². The van der Waals surface area contributed by atoms with Crippen molar-refractivity contribution in [2.45, 2.75) is 12.8 Å². The van der Waals surface area contributed by atoms with Crippen molar-refractivity contribution in [1.29, 1.82) is 0 Å². The zero-order valence-corrected chi connectivity index (χ0v) is 11.6. The Morgan fingerprint density at radius 1 is 1.10 bits per heavy atom. The number of aromatic nitrogens is 2. The molecule has 1 aromatic heterocycles. The summed E-state index contributed by atoms with van der Waals surface area (Å²) in [5.41, 5.74) is 1.86. The molecule has 108 valence electrons. The third-order valence-electron chi connectivity index (χ3n) is 3.21. The van der Waals surface area contributed by atoms with Gasteiger partial charge in [0.05, 0.1) is 31.0 Å². The number of para-hydroxylation sites is 2. The van der Waals surface area contributed by atoms with Gasteiger partial charge in [-0.2, -0.15) is 0 Å². The van der Waals surface area contributed by atoms with Crippen molar-refractivity contribution >= 4 is 11.0 Å². The van der Waals surface area contributed by atoms with E-state index < -0.39 is 6.29 Å². The van der Waals surface area contributed by atoms with Gasteiger partial charge >= 0.3 is 0 Å². The molecule has 1 N–H and O–H groups in total. The van der Waals surface area contributed by atoms with Crippen molar-refractivity contribution in [3.63, 3.8) is 0 Å². The van der Waals surface area contributed by atoms with Gasteiger partial charge in [0.1, 0.15) is 11.5 Å². The van der Waals surface area contributed by atoms with Crippen LogP contribution in [0.25, 0.3) is 11.0 Å². The first-order valence-electron chi connectivity index (χ1n) is 6.65. The van der Waals surface area contributed by atoms with Crippen molar-refractivity contribution in [2.24, 2.45) is 0 Å². The number of aliphatic hydroxyl groups is 1. The van der Waals surface area contributed by atoms with E-state index in [0.717, 1.165) is 16.8 Å². The zero-order valence-electron chi connectivity index (χ0n) is 11.6. The predicted octanol–water partition coefficient (Wildman–Crippen LogP) is 2.44. The van der Waals surface area contributed by atoms with Gasteiger partial charge in [-0.15, -0.1) is 0 Å². The summed E-state index contributed by atoms with van der Waals surface area (Å²) in [5, 5.41) is 10.1. The van der Waals surface area contributed by atoms with Crippen molar-refractivity contribution in [1.82, 2.24) is 9.55 Å². The highest BCUT2D eigenvalue weighted by Gasteiger charge is 2.09. The first kappa shape index (κ1) is 13.5. The fourth-order valence-corrected chi connectivity index (χ4v) is 2.17. The summed E-state index contributed by atoms with van der Waals surface area (Å²) >= 11 is 0. The molecule has 0 fully saturated rings. The van der Waals surface area contributed by atoms with Crippen molar-refractivity contribution in [3.8, 4) is 11.5 Å². The van der Waals surface area contributed by atoms with Crippen LogP contribution in [-0.2, 0) is 6.54 Å². The normalized spacial score (nSPS) is 12.3. The zero-order chi connectivity index (χ0) is 14.7. The minimum atomic E-state index is -0.948. The van der Waals surface area contributed by atoms with Crippen LogP contribution in [0.3, 0.4) is 0 Å². The van der Waals surface area contributed by atoms with Crippen molar-refractivity contribution in [2.75, 3.05) is 7.11 Å². The summed E-state index contributed by atoms with van der Waals surface area (Å²) in [7, 11) is 1.61. The first-order chi connectivity index (χ1) is 10.3. The standard InChI is InChI=1S/C16H16N2O3/c1-20-12-6-8-13(9-7-12)21-16(19)10-18-11-17-14-4-2-3-5-15(14)18/h2-9,11,16,19H,10H2,1H3/t16-/m1/s1. The molecular formula is C16H16N2O3. The highest BCUT2D eigenvalue weighted by atomic mass is 16.6. The van der Waals surface area contributed by atoms with Gasteiger partial charge in [0.25, 0.3) is 0 Å². The van der Waals surface area contributed by atoms with E-state index in [-0.39, 0.29) is 0 Å². The Morgan fingerprint density at radius 3 is 2.57 bits per heavy atom. The Balaban J connectivity index is 1.69. The van der Waals surface area contributed by atoms with Crippen LogP contribution in [0.1, 0.15) is 0 Å². The van der Waals surface area contributed by atoms with E-state index in [1.165, 1.54) is 0 Å². The van der Waals surface area contributed by atoms with Crippen LogP contribution in [0.4, 0.5) is 0 Å². The number of hydrogen-bond donors (Lipinski definition) is 1. The largest absolute Gasteiger partial charge is 0.497 e. The number of aliphatic hydroxyl groups excluding tert-OH is 1. The predicted molar refractivity (Wildman–Crippen MR) is 79.4 cm³/mol. The number of ether oxygens (including phenoxy) is 2. The van der Waals surface area contributed by atoms with Crippen LogP contribution >= 0.6 is 0 Å². The van der Waals surface area contributed by atoms with E-state index in [0.29, 0.717) is 12.3 Å². The Morgan fingerprint density at radius 2 is 1.81 bits per heavy atom. The lowest BCUT2D eigenvalue weighted by molar-refractivity contribution is -0.0286. The van der Waals surface area contributed by atoms with Gasteiger partial charge in [-0.3, -0.25) is 0 Å². The molecule has 0 aliphatic heterocycles. The number of nitrogens with zero attached hydrogens (tertiary/aromatic N) is 2. The maximum atomic E-state index is 10.1. The fraction of sp³-hybridized carbons (Fsp3) is 0.188.